The molecule has 0 radical (unpaired) electrons. The minimum absolute atomic E-state index is 0.237. The molecule has 3 heterocycles. The summed E-state index contributed by atoms with van der Waals surface area (Å²) in [4.78, 5) is 20.5. The van der Waals surface area contributed by atoms with Crippen molar-refractivity contribution in [1.29, 1.82) is 0 Å². The first-order valence-corrected chi connectivity index (χ1v) is 9.75. The minimum atomic E-state index is -0.336. The molecule has 29 heavy (non-hydrogen) atoms. The average Bonchev–Trinajstić information content (AvgIpc) is 3.37. The van der Waals surface area contributed by atoms with Crippen LogP contribution in [0.2, 0.25) is 0 Å². The van der Waals surface area contributed by atoms with E-state index in [-0.39, 0.29) is 11.9 Å². The number of aromatic nitrogens is 6. The molecule has 0 aliphatic carbocycles. The fraction of sp³-hybridized carbons (Fsp3) is 0.100. The van der Waals surface area contributed by atoms with Crippen LogP contribution in [0.1, 0.15) is 18.8 Å². The maximum atomic E-state index is 14.3. The molecule has 2 aromatic carbocycles. The van der Waals surface area contributed by atoms with Gasteiger partial charge in [-0.1, -0.05) is 18.2 Å². The lowest BCUT2D eigenvalue weighted by Crippen LogP contribution is -2.14. The predicted molar refractivity (Wildman–Crippen MR) is 112 cm³/mol. The number of nitrogens with zero attached hydrogens (tertiary/aromatic N) is 5. The highest BCUT2D eigenvalue weighted by Crippen LogP contribution is 2.33. The molecule has 9 heteroatoms. The molecule has 1 atom stereocenters. The Balaban J connectivity index is 1.68. The molecule has 0 saturated heterocycles. The predicted octanol–water partition coefficient (Wildman–Crippen LogP) is 4.77. The van der Waals surface area contributed by atoms with E-state index in [0.717, 1.165) is 11.5 Å². The Morgan fingerprint density at radius 2 is 1.93 bits per heavy atom. The molecule has 7 nitrogen and oxygen atoms in total. The van der Waals surface area contributed by atoms with Crippen LogP contribution in [0.5, 0.6) is 0 Å². The van der Waals surface area contributed by atoms with Crippen molar-refractivity contribution in [1.82, 2.24) is 29.5 Å². The molecule has 144 valence electrons. The third-order valence-corrected chi connectivity index (χ3v) is 5.47. The monoisotopic (exact) mass is 451 g/mol. The first-order valence-electron chi connectivity index (χ1n) is 8.96. The van der Waals surface area contributed by atoms with E-state index in [1.165, 1.54) is 12.4 Å². The van der Waals surface area contributed by atoms with Crippen molar-refractivity contribution in [2.24, 2.45) is 0 Å². The maximum Gasteiger partial charge on any atom is 0.182 e. The number of rotatable bonds is 4. The van der Waals surface area contributed by atoms with E-state index in [9.17, 15) is 4.39 Å². The van der Waals surface area contributed by atoms with Gasteiger partial charge < -0.3 is 10.3 Å². The van der Waals surface area contributed by atoms with Crippen molar-refractivity contribution in [3.05, 3.63) is 71.2 Å². The molecule has 0 unspecified atom stereocenters. The molecule has 3 aromatic heterocycles. The molecule has 0 spiro atoms. The first kappa shape index (κ1) is 17.7. The molecule has 5 aromatic rings. The maximum absolute atomic E-state index is 14.3. The third-order valence-electron chi connectivity index (χ3n) is 4.71. The van der Waals surface area contributed by atoms with E-state index in [1.807, 2.05) is 41.8 Å². The van der Waals surface area contributed by atoms with Crippen molar-refractivity contribution in [3.8, 4) is 5.69 Å². The highest BCUT2D eigenvalue weighted by atomic mass is 79.9. The second-order valence-corrected chi connectivity index (χ2v) is 7.35. The summed E-state index contributed by atoms with van der Waals surface area (Å²) in [6.07, 6.45) is 3.04. The number of fused-ring (bicyclic) bond motifs is 2. The highest BCUT2D eigenvalue weighted by Gasteiger charge is 2.22. The Morgan fingerprint density at radius 3 is 2.76 bits per heavy atom. The summed E-state index contributed by atoms with van der Waals surface area (Å²) < 4.78 is 16.6. The van der Waals surface area contributed by atoms with Crippen LogP contribution in [-0.2, 0) is 0 Å². The Hall–Kier alpha value is -3.33. The van der Waals surface area contributed by atoms with Crippen molar-refractivity contribution in [3.63, 3.8) is 0 Å². The minimum Gasteiger partial charge on any atom is -0.358 e. The summed E-state index contributed by atoms with van der Waals surface area (Å²) in [7, 11) is 0. The molecule has 0 amide bonds. The smallest absolute Gasteiger partial charge is 0.182 e. The normalized spacial score (nSPS) is 12.5. The second-order valence-electron chi connectivity index (χ2n) is 6.56. The van der Waals surface area contributed by atoms with Crippen LogP contribution in [0.25, 0.3) is 27.9 Å². The molecule has 0 aliphatic heterocycles. The summed E-state index contributed by atoms with van der Waals surface area (Å²) in [5.74, 6) is 1.01. The number of benzene rings is 2. The summed E-state index contributed by atoms with van der Waals surface area (Å²) in [6.45, 7) is 1.98. The zero-order valence-electron chi connectivity index (χ0n) is 15.3. The number of hydrogen-bond donors (Lipinski definition) is 2. The summed E-state index contributed by atoms with van der Waals surface area (Å²) in [5, 5.41) is 3.38. The number of aromatic amines is 1. The lowest BCUT2D eigenvalue weighted by molar-refractivity contribution is 0.622. The van der Waals surface area contributed by atoms with Gasteiger partial charge >= 0.3 is 0 Å². The lowest BCUT2D eigenvalue weighted by Gasteiger charge is -2.17. The number of imidazole rings is 2. The van der Waals surface area contributed by atoms with Gasteiger partial charge in [0.25, 0.3) is 0 Å². The zero-order valence-corrected chi connectivity index (χ0v) is 16.9. The molecular weight excluding hydrogens is 437 g/mol. The van der Waals surface area contributed by atoms with E-state index >= 15 is 0 Å². The number of para-hydroxylation sites is 1. The average molecular weight is 452 g/mol. The van der Waals surface area contributed by atoms with Gasteiger partial charge in [-0.3, -0.25) is 4.57 Å². The van der Waals surface area contributed by atoms with E-state index in [1.54, 1.807) is 12.4 Å². The number of hydrogen-bond acceptors (Lipinski definition) is 5. The van der Waals surface area contributed by atoms with Gasteiger partial charge in [0.1, 0.15) is 23.5 Å². The molecule has 5 rings (SSSR count). The van der Waals surface area contributed by atoms with Crippen LogP contribution in [-0.4, -0.2) is 29.5 Å². The van der Waals surface area contributed by atoms with Gasteiger partial charge in [-0.2, -0.15) is 0 Å². The summed E-state index contributed by atoms with van der Waals surface area (Å²) in [5.41, 5.74) is 3.55. The molecule has 0 fully saturated rings. The van der Waals surface area contributed by atoms with Gasteiger partial charge in [-0.25, -0.2) is 24.3 Å². The van der Waals surface area contributed by atoms with Crippen LogP contribution in [0.3, 0.4) is 0 Å². The number of nitrogens with one attached hydrogen (secondary N) is 2. The quantitative estimate of drug-likeness (QED) is 0.411. The van der Waals surface area contributed by atoms with Crippen LogP contribution in [0.15, 0.2) is 59.6 Å². The van der Waals surface area contributed by atoms with E-state index in [4.69, 9.17) is 4.98 Å². The van der Waals surface area contributed by atoms with Crippen LogP contribution in [0, 0.1) is 5.82 Å². The first-order chi connectivity index (χ1) is 14.1. The lowest BCUT2D eigenvalue weighted by atomic mass is 10.2. The van der Waals surface area contributed by atoms with E-state index < -0.39 is 0 Å². The van der Waals surface area contributed by atoms with Gasteiger partial charge in [-0.15, -0.1) is 0 Å². The van der Waals surface area contributed by atoms with Gasteiger partial charge in [0, 0.05) is 5.69 Å². The molecule has 0 bridgehead atoms. The molecule has 0 saturated carbocycles. The molecule has 2 N–H and O–H groups in total. The Labute approximate surface area is 173 Å². The molecular formula is C20H15BrFN7. The van der Waals surface area contributed by atoms with E-state index in [2.05, 4.69) is 41.2 Å². The van der Waals surface area contributed by atoms with Crippen molar-refractivity contribution < 1.29 is 4.39 Å². The standard InChI is InChI=1S/C20H15BrFN7/c1-11(27-19-16-18(24-9-23-16)25-10-26-19)20-28-14-8-7-13(22)15(21)17(14)29(20)12-5-3-2-4-6-12/h2-11H,1H3,(H2,23,24,25,26,27)/t11-/m0/s1. The van der Waals surface area contributed by atoms with Crippen LogP contribution >= 0.6 is 15.9 Å². The molecule has 0 aliphatic rings. The van der Waals surface area contributed by atoms with Crippen LogP contribution < -0.4 is 5.32 Å². The fourth-order valence-corrected chi connectivity index (χ4v) is 3.91. The van der Waals surface area contributed by atoms with Crippen molar-refractivity contribution in [2.45, 2.75) is 13.0 Å². The van der Waals surface area contributed by atoms with Crippen LogP contribution in [0.4, 0.5) is 10.2 Å². The highest BCUT2D eigenvalue weighted by molar-refractivity contribution is 9.10. The van der Waals surface area contributed by atoms with Gasteiger partial charge in [0.2, 0.25) is 0 Å². The largest absolute Gasteiger partial charge is 0.358 e. The zero-order chi connectivity index (χ0) is 20.0. The van der Waals surface area contributed by atoms with Crippen molar-refractivity contribution in [2.75, 3.05) is 5.32 Å². The topological polar surface area (TPSA) is 84.3 Å². The Kier molecular flexibility index (Phi) is 4.24. The Morgan fingerprint density at radius 1 is 1.10 bits per heavy atom. The summed E-state index contributed by atoms with van der Waals surface area (Å²) >= 11 is 3.40. The van der Waals surface area contributed by atoms with E-state index in [0.29, 0.717) is 32.5 Å². The van der Waals surface area contributed by atoms with Crippen molar-refractivity contribution >= 4 is 43.9 Å². The number of anilines is 1. The summed E-state index contributed by atoms with van der Waals surface area (Å²) in [6, 6.07) is 12.6. The van der Waals surface area contributed by atoms with Gasteiger partial charge in [0.15, 0.2) is 11.5 Å². The third kappa shape index (κ3) is 2.94. The SMILES string of the molecule is C[C@H](Nc1ncnc2nc[nH]c12)c1nc2ccc(F)c(Br)c2n1-c1ccccc1. The number of halogens is 2. The Bertz CT molecular complexity index is 1330. The number of H-pyrrole nitrogens is 1. The fourth-order valence-electron chi connectivity index (χ4n) is 3.39. The second kappa shape index (κ2) is 6.93. The van der Waals surface area contributed by atoms with Gasteiger partial charge in [0.05, 0.1) is 27.9 Å². The van der Waals surface area contributed by atoms with Gasteiger partial charge in [-0.05, 0) is 47.1 Å².